The highest BCUT2D eigenvalue weighted by Crippen LogP contribution is 2.33. The molecule has 0 bridgehead atoms. The molecule has 3 aliphatic rings. The summed E-state index contributed by atoms with van der Waals surface area (Å²) in [6.07, 6.45) is -21.9. The number of hydrogen-bond acceptors (Lipinski definition) is 20. The van der Waals surface area contributed by atoms with E-state index >= 15 is 0 Å². The number of aromatic hydroxyl groups is 2. The summed E-state index contributed by atoms with van der Waals surface area (Å²) < 4.78 is 50.9. The van der Waals surface area contributed by atoms with Crippen LogP contribution in [0, 0.1) is 0 Å². The summed E-state index contributed by atoms with van der Waals surface area (Å²) >= 11 is 0. The van der Waals surface area contributed by atoms with Crippen molar-refractivity contribution in [3.05, 3.63) is 53.6 Å². The van der Waals surface area contributed by atoms with Gasteiger partial charge < -0.3 is 93.7 Å². The highest BCUT2D eigenvalue weighted by molar-refractivity contribution is 5.87. The number of aliphatic hydroxyl groups excluding tert-OH is 8. The quantitative estimate of drug-likeness (QED) is 0.0652. The van der Waals surface area contributed by atoms with E-state index in [2.05, 4.69) is 0 Å². The predicted molar refractivity (Wildman–Crippen MR) is 190 cm³/mol. The van der Waals surface area contributed by atoms with Gasteiger partial charge in [-0.15, -0.1) is 0 Å². The molecule has 3 saturated heterocycles. The molecule has 15 unspecified atom stereocenters. The van der Waals surface area contributed by atoms with Gasteiger partial charge in [0.2, 0.25) is 0 Å². The van der Waals surface area contributed by atoms with E-state index in [1.54, 1.807) is 12.1 Å². The lowest BCUT2D eigenvalue weighted by atomic mass is 9.96. The second-order valence-electron chi connectivity index (χ2n) is 13.6. The minimum atomic E-state index is -1.86. The molecule has 15 atom stereocenters. The summed E-state index contributed by atoms with van der Waals surface area (Å²) in [5, 5.41) is 104. The predicted octanol–water partition coefficient (Wildman–Crippen LogP) is -2.59. The fourth-order valence-corrected chi connectivity index (χ4v) is 6.45. The Labute approximate surface area is 326 Å². The van der Waals surface area contributed by atoms with Gasteiger partial charge in [-0.1, -0.05) is 12.1 Å². The molecule has 3 heterocycles. The first-order chi connectivity index (χ1) is 27.2. The van der Waals surface area contributed by atoms with Crippen molar-refractivity contribution >= 4 is 12.0 Å². The zero-order valence-electron chi connectivity index (χ0n) is 31.2. The van der Waals surface area contributed by atoms with Crippen molar-refractivity contribution < 1.29 is 98.5 Å². The Morgan fingerprint density at radius 2 is 1.32 bits per heavy atom. The number of phenolic OH excluding ortho intramolecular Hbond substituents is 2. The highest BCUT2D eigenvalue weighted by atomic mass is 16.8. The second kappa shape index (κ2) is 19.8. The molecule has 0 saturated carbocycles. The zero-order valence-corrected chi connectivity index (χ0v) is 31.2. The minimum Gasteiger partial charge on any atom is -0.504 e. The SMILES string of the molecule is COc1cc(C=CC(=O)OC2C(COC3OC(CO)C(O)C(O)C3O)OC(OCCc3ccc(O)c(OC)c3)C(O)C2OC2OC(C)C(O)C(O)C2O)ccc1O. The molecule has 5 rings (SSSR count). The number of phenols is 2. The standard InChI is InChI=1S/C37H50O20/c1-16-26(42)28(44)31(47)37(53-16)57-34-32(48)36(51-11-10-18-5-8-20(40)22(13-18)50-3)55-24(15-52-35-30(46)29(45)27(43)23(14-38)54-35)33(34)56-25(41)9-6-17-4-7-19(39)21(12-17)49-2/h4-9,12-13,16,23-24,26-40,42-48H,10-11,14-15H2,1-3H3. The fourth-order valence-electron chi connectivity index (χ4n) is 6.45. The number of carbonyl (C=O) groups is 1. The van der Waals surface area contributed by atoms with Gasteiger partial charge in [0.05, 0.1) is 40.1 Å². The van der Waals surface area contributed by atoms with Crippen LogP contribution in [-0.2, 0) is 44.4 Å². The Hall–Kier alpha value is -3.71. The number of methoxy groups -OCH3 is 2. The number of benzene rings is 2. The lowest BCUT2D eigenvalue weighted by Gasteiger charge is -2.47. The lowest BCUT2D eigenvalue weighted by Crippen LogP contribution is -2.65. The van der Waals surface area contributed by atoms with E-state index in [1.165, 1.54) is 51.5 Å². The maximum absolute atomic E-state index is 13.4. The molecule has 0 radical (unpaired) electrons. The van der Waals surface area contributed by atoms with Gasteiger partial charge in [-0.2, -0.15) is 0 Å². The van der Waals surface area contributed by atoms with Crippen LogP contribution in [0.15, 0.2) is 42.5 Å². The van der Waals surface area contributed by atoms with Crippen LogP contribution in [0.2, 0.25) is 0 Å². The molecule has 57 heavy (non-hydrogen) atoms. The Morgan fingerprint density at radius 1 is 0.702 bits per heavy atom. The van der Waals surface area contributed by atoms with E-state index in [0.29, 0.717) is 11.1 Å². The van der Waals surface area contributed by atoms with Gasteiger partial charge in [-0.05, 0) is 54.8 Å². The van der Waals surface area contributed by atoms with Crippen molar-refractivity contribution in [3.63, 3.8) is 0 Å². The first kappa shape index (κ1) is 44.4. The summed E-state index contributed by atoms with van der Waals surface area (Å²) in [4.78, 5) is 13.4. The molecule has 0 spiro atoms. The molecule has 318 valence electrons. The molecular formula is C37H50O20. The average Bonchev–Trinajstić information content (AvgIpc) is 3.20. The lowest BCUT2D eigenvalue weighted by molar-refractivity contribution is -0.364. The molecule has 2 aromatic rings. The minimum absolute atomic E-state index is 0.0901. The van der Waals surface area contributed by atoms with Crippen LogP contribution in [0.4, 0.5) is 0 Å². The van der Waals surface area contributed by atoms with Crippen molar-refractivity contribution in [1.82, 2.24) is 0 Å². The Bertz CT molecular complexity index is 1640. The molecule has 0 aliphatic carbocycles. The van der Waals surface area contributed by atoms with Crippen LogP contribution >= 0.6 is 0 Å². The van der Waals surface area contributed by atoms with Gasteiger partial charge in [-0.25, -0.2) is 4.79 Å². The molecule has 0 amide bonds. The van der Waals surface area contributed by atoms with Crippen LogP contribution in [0.5, 0.6) is 23.0 Å². The monoisotopic (exact) mass is 814 g/mol. The summed E-state index contributed by atoms with van der Waals surface area (Å²) in [5.41, 5.74) is 1.08. The molecule has 2 aromatic carbocycles. The fraction of sp³-hybridized carbons (Fsp3) is 0.595. The number of carbonyl (C=O) groups excluding carboxylic acids is 1. The maximum atomic E-state index is 13.4. The number of ether oxygens (including phenoxy) is 9. The molecule has 3 fully saturated rings. The second-order valence-corrected chi connectivity index (χ2v) is 13.6. The van der Waals surface area contributed by atoms with Crippen LogP contribution < -0.4 is 9.47 Å². The van der Waals surface area contributed by atoms with E-state index < -0.39 is 111 Å². The first-order valence-corrected chi connectivity index (χ1v) is 18.0. The zero-order chi connectivity index (χ0) is 41.6. The van der Waals surface area contributed by atoms with Gasteiger partial charge in [0, 0.05) is 6.08 Å². The van der Waals surface area contributed by atoms with E-state index in [1.807, 2.05) is 0 Å². The first-order valence-electron chi connectivity index (χ1n) is 18.0. The van der Waals surface area contributed by atoms with Gasteiger partial charge in [0.1, 0.15) is 61.0 Å². The normalized spacial score (nSPS) is 35.9. The van der Waals surface area contributed by atoms with E-state index in [4.69, 9.17) is 42.6 Å². The van der Waals surface area contributed by atoms with Crippen molar-refractivity contribution in [2.24, 2.45) is 0 Å². The largest absolute Gasteiger partial charge is 0.504 e. The molecule has 20 nitrogen and oxygen atoms in total. The Morgan fingerprint density at radius 3 is 2.00 bits per heavy atom. The third kappa shape index (κ3) is 10.5. The smallest absolute Gasteiger partial charge is 0.331 e. The number of hydrogen-bond donors (Lipinski definition) is 10. The molecule has 0 aromatic heterocycles. The van der Waals surface area contributed by atoms with Crippen LogP contribution in [0.1, 0.15) is 18.1 Å². The summed E-state index contributed by atoms with van der Waals surface area (Å²) in [6, 6.07) is 8.86. The molecular weight excluding hydrogens is 764 g/mol. The van der Waals surface area contributed by atoms with Crippen LogP contribution in [0.25, 0.3) is 6.08 Å². The van der Waals surface area contributed by atoms with E-state index in [-0.39, 0.29) is 36.0 Å². The van der Waals surface area contributed by atoms with Gasteiger partial charge in [0.25, 0.3) is 0 Å². The molecule has 20 heteroatoms. The van der Waals surface area contributed by atoms with Gasteiger partial charge in [-0.3, -0.25) is 0 Å². The van der Waals surface area contributed by atoms with Crippen molar-refractivity contribution in [2.75, 3.05) is 34.0 Å². The van der Waals surface area contributed by atoms with Crippen molar-refractivity contribution in [2.45, 2.75) is 105 Å². The number of rotatable bonds is 15. The highest BCUT2D eigenvalue weighted by Gasteiger charge is 2.53. The van der Waals surface area contributed by atoms with Crippen LogP contribution in [-0.4, -0.2) is 183 Å². The number of esters is 1. The average molecular weight is 815 g/mol. The van der Waals surface area contributed by atoms with E-state index in [0.717, 1.165) is 6.08 Å². The van der Waals surface area contributed by atoms with Gasteiger partial charge >= 0.3 is 5.97 Å². The van der Waals surface area contributed by atoms with Crippen LogP contribution in [0.3, 0.4) is 0 Å². The maximum Gasteiger partial charge on any atom is 0.331 e. The van der Waals surface area contributed by atoms with Gasteiger partial charge in [0.15, 0.2) is 48.0 Å². The molecule has 10 N–H and O–H groups in total. The van der Waals surface area contributed by atoms with E-state index in [9.17, 15) is 55.9 Å². The number of aliphatic hydroxyl groups is 8. The third-order valence-corrected chi connectivity index (χ3v) is 9.77. The topological polar surface area (TPSA) is 302 Å². The Balaban J connectivity index is 1.44. The Kier molecular flexibility index (Phi) is 15.4. The summed E-state index contributed by atoms with van der Waals surface area (Å²) in [5.74, 6) is -0.935. The summed E-state index contributed by atoms with van der Waals surface area (Å²) in [7, 11) is 2.72. The third-order valence-electron chi connectivity index (χ3n) is 9.77. The van der Waals surface area contributed by atoms with Crippen molar-refractivity contribution in [1.29, 1.82) is 0 Å². The summed E-state index contributed by atoms with van der Waals surface area (Å²) in [6.45, 7) is -0.111. The molecule has 3 aliphatic heterocycles. The van der Waals surface area contributed by atoms with Crippen molar-refractivity contribution in [3.8, 4) is 23.0 Å².